The number of carbonyl (C=O) groups is 1. The molecule has 1 aliphatic heterocycles. The van der Waals surface area contributed by atoms with Crippen molar-refractivity contribution < 1.29 is 9.53 Å². The summed E-state index contributed by atoms with van der Waals surface area (Å²) in [6.45, 7) is 6.05. The van der Waals surface area contributed by atoms with Crippen LogP contribution in [0.1, 0.15) is 78.1 Å². The van der Waals surface area contributed by atoms with Crippen molar-refractivity contribution in [3.8, 4) is 0 Å². The molecule has 1 unspecified atom stereocenters. The quantitative estimate of drug-likeness (QED) is 0.621. The minimum absolute atomic E-state index is 0.211. The Balaban J connectivity index is 1.49. The third-order valence-corrected chi connectivity index (χ3v) is 9.35. The maximum absolute atomic E-state index is 11.9. The van der Waals surface area contributed by atoms with Crippen LogP contribution in [0.5, 0.6) is 0 Å². The number of fused-ring (bicyclic) bond motifs is 6. The van der Waals surface area contributed by atoms with Gasteiger partial charge in [-0.3, -0.25) is 4.79 Å². The third kappa shape index (κ3) is 1.79. The first-order valence-corrected chi connectivity index (χ1v) is 10.4. The average Bonchev–Trinajstić information content (AvgIpc) is 3.15. The van der Waals surface area contributed by atoms with Crippen LogP contribution in [0.4, 0.5) is 0 Å². The summed E-state index contributed by atoms with van der Waals surface area (Å²) in [5.74, 6) is 2.90. The normalized spacial score (nSPS) is 53.5. The number of rotatable bonds is 0. The Bertz CT molecular complexity index is 599. The summed E-state index contributed by atoms with van der Waals surface area (Å²) in [4.78, 5) is 11.9. The SMILES string of the molecule is C[C@]12CCC(=O)C=C1CC[C@@H]1[C@@H]2CC[C@@]2(C)[C@H]1CCC21CCCO1. The predicted molar refractivity (Wildman–Crippen MR) is 94.6 cm³/mol. The summed E-state index contributed by atoms with van der Waals surface area (Å²) in [5.41, 5.74) is 2.42. The van der Waals surface area contributed by atoms with E-state index in [0.717, 1.165) is 37.2 Å². The van der Waals surface area contributed by atoms with Crippen molar-refractivity contribution in [2.24, 2.45) is 28.6 Å². The van der Waals surface area contributed by atoms with Gasteiger partial charge in [-0.15, -0.1) is 0 Å². The van der Waals surface area contributed by atoms with Crippen LogP contribution in [-0.2, 0) is 9.53 Å². The Morgan fingerprint density at radius 2 is 1.83 bits per heavy atom. The van der Waals surface area contributed by atoms with Crippen molar-refractivity contribution in [3.05, 3.63) is 11.6 Å². The lowest BCUT2D eigenvalue weighted by Crippen LogP contribution is -2.54. The van der Waals surface area contributed by atoms with Crippen molar-refractivity contribution in [2.45, 2.75) is 83.7 Å². The van der Waals surface area contributed by atoms with Gasteiger partial charge in [-0.25, -0.2) is 0 Å². The molecule has 4 aliphatic carbocycles. The van der Waals surface area contributed by atoms with Gasteiger partial charge in [-0.2, -0.15) is 0 Å². The molecular formula is C22H32O2. The smallest absolute Gasteiger partial charge is 0.155 e. The van der Waals surface area contributed by atoms with E-state index in [4.69, 9.17) is 4.74 Å². The van der Waals surface area contributed by atoms with Gasteiger partial charge in [-0.05, 0) is 92.4 Å². The monoisotopic (exact) mass is 328 g/mol. The summed E-state index contributed by atoms with van der Waals surface area (Å²) >= 11 is 0. The van der Waals surface area contributed by atoms with Crippen LogP contribution in [0.25, 0.3) is 0 Å². The van der Waals surface area contributed by atoms with E-state index in [0.29, 0.717) is 16.6 Å². The van der Waals surface area contributed by atoms with E-state index in [2.05, 4.69) is 13.8 Å². The van der Waals surface area contributed by atoms with Crippen molar-refractivity contribution in [2.75, 3.05) is 6.61 Å². The highest BCUT2D eigenvalue weighted by Gasteiger charge is 2.65. The Hall–Kier alpha value is -0.630. The molecule has 5 aliphatic rings. The summed E-state index contributed by atoms with van der Waals surface area (Å²) in [6.07, 6.45) is 14.3. The maximum Gasteiger partial charge on any atom is 0.155 e. The standard InChI is InChI=1S/C22H32O2/c1-20-10-6-16(23)14-15(20)4-5-17-18(20)7-11-21(2)19(17)8-12-22(21)9-3-13-24-22/h14,17-19H,3-13H2,1-2H3/t17-,18+,19+,20+,21+,22?/m1/s1. The number of allylic oxidation sites excluding steroid dienone is 1. The molecule has 0 aromatic heterocycles. The predicted octanol–water partition coefficient (Wildman–Crippen LogP) is 5.07. The van der Waals surface area contributed by atoms with E-state index in [1.54, 1.807) is 0 Å². The van der Waals surface area contributed by atoms with Gasteiger partial charge in [-0.1, -0.05) is 19.4 Å². The molecule has 6 atom stereocenters. The van der Waals surface area contributed by atoms with E-state index in [1.807, 2.05) is 6.08 Å². The Morgan fingerprint density at radius 3 is 2.62 bits per heavy atom. The molecule has 3 saturated carbocycles. The fraction of sp³-hybridized carbons (Fsp3) is 0.864. The molecule has 2 heteroatoms. The molecule has 0 radical (unpaired) electrons. The molecule has 2 nitrogen and oxygen atoms in total. The molecule has 4 fully saturated rings. The van der Waals surface area contributed by atoms with E-state index in [-0.39, 0.29) is 5.60 Å². The second-order valence-electron chi connectivity index (χ2n) is 9.91. The van der Waals surface area contributed by atoms with Gasteiger partial charge >= 0.3 is 0 Å². The summed E-state index contributed by atoms with van der Waals surface area (Å²) in [6, 6.07) is 0. The molecule has 0 bridgehead atoms. The maximum atomic E-state index is 11.9. The third-order valence-electron chi connectivity index (χ3n) is 9.35. The van der Waals surface area contributed by atoms with Crippen LogP contribution in [0.2, 0.25) is 0 Å². The number of hydrogen-bond acceptors (Lipinski definition) is 2. The fourth-order valence-corrected chi connectivity index (χ4v) is 8.00. The van der Waals surface area contributed by atoms with Crippen LogP contribution < -0.4 is 0 Å². The van der Waals surface area contributed by atoms with Gasteiger partial charge in [0.15, 0.2) is 5.78 Å². The lowest BCUT2D eigenvalue weighted by Gasteiger charge is -2.59. The van der Waals surface area contributed by atoms with Crippen LogP contribution in [-0.4, -0.2) is 18.0 Å². The Kier molecular flexibility index (Phi) is 3.23. The van der Waals surface area contributed by atoms with E-state index in [1.165, 1.54) is 56.9 Å². The highest BCUT2D eigenvalue weighted by molar-refractivity contribution is 5.91. The zero-order chi connectivity index (χ0) is 16.6. The highest BCUT2D eigenvalue weighted by Crippen LogP contribution is 2.69. The first-order valence-electron chi connectivity index (χ1n) is 10.4. The van der Waals surface area contributed by atoms with Gasteiger partial charge in [0.25, 0.3) is 0 Å². The molecule has 0 aromatic rings. The van der Waals surface area contributed by atoms with Crippen LogP contribution in [0, 0.1) is 28.6 Å². The number of hydrogen-bond donors (Lipinski definition) is 0. The van der Waals surface area contributed by atoms with Crippen LogP contribution in [0.3, 0.4) is 0 Å². The Morgan fingerprint density at radius 1 is 1.00 bits per heavy atom. The highest BCUT2D eigenvalue weighted by atomic mass is 16.5. The van der Waals surface area contributed by atoms with Gasteiger partial charge in [0.2, 0.25) is 0 Å². The lowest BCUT2D eigenvalue weighted by molar-refractivity contribution is -0.136. The molecule has 0 amide bonds. The second-order valence-corrected chi connectivity index (χ2v) is 9.91. The lowest BCUT2D eigenvalue weighted by atomic mass is 9.46. The Labute approximate surface area is 146 Å². The minimum atomic E-state index is 0.211. The molecule has 0 aromatic carbocycles. The molecule has 0 N–H and O–H groups in total. The number of carbonyl (C=O) groups excluding carboxylic acids is 1. The largest absolute Gasteiger partial charge is 0.374 e. The molecule has 1 spiro atoms. The molecule has 5 rings (SSSR count). The van der Waals surface area contributed by atoms with Crippen molar-refractivity contribution in [1.82, 2.24) is 0 Å². The zero-order valence-electron chi connectivity index (χ0n) is 15.4. The molecule has 24 heavy (non-hydrogen) atoms. The van der Waals surface area contributed by atoms with Gasteiger partial charge in [0.05, 0.1) is 5.60 Å². The molecule has 1 saturated heterocycles. The molecule has 1 heterocycles. The van der Waals surface area contributed by atoms with E-state index < -0.39 is 0 Å². The summed E-state index contributed by atoms with van der Waals surface area (Å²) in [7, 11) is 0. The van der Waals surface area contributed by atoms with Gasteiger partial charge in [0.1, 0.15) is 0 Å². The van der Waals surface area contributed by atoms with Gasteiger partial charge in [0, 0.05) is 13.0 Å². The van der Waals surface area contributed by atoms with Crippen molar-refractivity contribution >= 4 is 5.78 Å². The zero-order valence-corrected chi connectivity index (χ0v) is 15.4. The molecular weight excluding hydrogens is 296 g/mol. The van der Waals surface area contributed by atoms with E-state index >= 15 is 0 Å². The van der Waals surface area contributed by atoms with Crippen molar-refractivity contribution in [1.29, 1.82) is 0 Å². The minimum Gasteiger partial charge on any atom is -0.374 e. The topological polar surface area (TPSA) is 26.3 Å². The van der Waals surface area contributed by atoms with Crippen molar-refractivity contribution in [3.63, 3.8) is 0 Å². The number of ketones is 1. The summed E-state index contributed by atoms with van der Waals surface area (Å²) < 4.78 is 6.44. The van der Waals surface area contributed by atoms with Gasteiger partial charge < -0.3 is 4.74 Å². The van der Waals surface area contributed by atoms with E-state index in [9.17, 15) is 4.79 Å². The second kappa shape index (κ2) is 4.96. The van der Waals surface area contributed by atoms with Crippen LogP contribution in [0.15, 0.2) is 11.6 Å². The average molecular weight is 328 g/mol. The first-order chi connectivity index (χ1) is 11.5. The summed E-state index contributed by atoms with van der Waals surface area (Å²) in [5, 5.41) is 0. The fourth-order valence-electron chi connectivity index (χ4n) is 8.00. The number of ether oxygens (including phenoxy) is 1. The first kappa shape index (κ1) is 15.6. The molecule has 132 valence electrons. The van der Waals surface area contributed by atoms with Crippen LogP contribution >= 0.6 is 0 Å².